The maximum Gasteiger partial charge on any atom is 0.472 e. The minimum Gasteiger partial charge on any atom is -0.462 e. The van der Waals surface area contributed by atoms with Crippen molar-refractivity contribution in [3.8, 4) is 0 Å². The Morgan fingerprint density at radius 2 is 1.23 bits per heavy atom. The molecule has 0 heterocycles. The number of carbonyl (C=O) groups is 2. The Kier molecular flexibility index (Phi) is 38.6. The number of phosphoric acid groups is 1. The van der Waals surface area contributed by atoms with E-state index >= 15 is 0 Å². The number of ether oxygens (including phenoxy) is 2. The SMILES string of the molecule is CC/C=C\C[C@H](O)/C=C/C=C/C=C\C=C/[C@@H](O)[C@H](O)CCCC(=O)O[C@H](COC(=O)CCCCC/C=C\C/C=C\C/C=C\C/C=C\CCCCC)COP(=O)(O)OCCN. The second-order valence-corrected chi connectivity index (χ2v) is 15.5. The fourth-order valence-corrected chi connectivity index (χ4v) is 5.90. The lowest BCUT2D eigenvalue weighted by Gasteiger charge is -2.20. The van der Waals surface area contributed by atoms with Gasteiger partial charge in [0.25, 0.3) is 0 Å². The predicted molar refractivity (Wildman–Crippen MR) is 242 cm³/mol. The zero-order valence-electron chi connectivity index (χ0n) is 36.2. The quantitative estimate of drug-likeness (QED) is 0.0130. The molecule has 0 saturated carbocycles. The van der Waals surface area contributed by atoms with Crippen LogP contribution in [0.15, 0.2) is 109 Å². The summed E-state index contributed by atoms with van der Waals surface area (Å²) in [6, 6.07) is 0. The number of hydrogen-bond donors (Lipinski definition) is 5. The van der Waals surface area contributed by atoms with Crippen LogP contribution in [-0.2, 0) is 32.7 Å². The molecule has 12 nitrogen and oxygen atoms in total. The molecule has 0 spiro atoms. The van der Waals surface area contributed by atoms with Crippen molar-refractivity contribution in [3.63, 3.8) is 0 Å². The molecule has 0 aliphatic rings. The Labute approximate surface area is 360 Å². The van der Waals surface area contributed by atoms with Crippen LogP contribution in [0, 0.1) is 0 Å². The van der Waals surface area contributed by atoms with Crippen LogP contribution in [0.4, 0.5) is 0 Å². The molecule has 13 heteroatoms. The molecule has 6 N–H and O–H groups in total. The molecule has 1 unspecified atom stereocenters. The Morgan fingerprint density at radius 3 is 1.85 bits per heavy atom. The average Bonchev–Trinajstić information content (AvgIpc) is 3.22. The van der Waals surface area contributed by atoms with Gasteiger partial charge in [-0.25, -0.2) is 4.57 Å². The molecule has 60 heavy (non-hydrogen) atoms. The van der Waals surface area contributed by atoms with Crippen molar-refractivity contribution < 1.29 is 52.9 Å². The van der Waals surface area contributed by atoms with Crippen molar-refractivity contribution in [1.82, 2.24) is 0 Å². The van der Waals surface area contributed by atoms with Crippen molar-refractivity contribution in [2.24, 2.45) is 5.73 Å². The van der Waals surface area contributed by atoms with Crippen molar-refractivity contribution in [2.75, 3.05) is 26.4 Å². The van der Waals surface area contributed by atoms with E-state index < -0.39 is 57.4 Å². The monoisotopic (exact) mass is 862 g/mol. The minimum absolute atomic E-state index is 0.0139. The normalized spacial score (nSPS) is 15.9. The zero-order valence-corrected chi connectivity index (χ0v) is 37.1. The van der Waals surface area contributed by atoms with Gasteiger partial charge in [0, 0.05) is 19.4 Å². The number of carbonyl (C=O) groups excluding carboxylic acids is 2. The number of phosphoric ester groups is 1. The van der Waals surface area contributed by atoms with Gasteiger partial charge in [-0.3, -0.25) is 18.6 Å². The molecular weight excluding hydrogens is 785 g/mol. The number of hydrogen-bond acceptors (Lipinski definition) is 11. The van der Waals surface area contributed by atoms with Crippen molar-refractivity contribution in [2.45, 2.75) is 147 Å². The van der Waals surface area contributed by atoms with Gasteiger partial charge in [-0.05, 0) is 77.0 Å². The Hall–Kier alpha value is -3.45. The average molecular weight is 862 g/mol. The van der Waals surface area contributed by atoms with Gasteiger partial charge >= 0.3 is 19.8 Å². The third kappa shape index (κ3) is 38.7. The Balaban J connectivity index is 4.57. The van der Waals surface area contributed by atoms with Gasteiger partial charge in [0.15, 0.2) is 6.10 Å². The number of aliphatic hydroxyl groups is 3. The number of nitrogens with two attached hydrogens (primary N) is 1. The summed E-state index contributed by atoms with van der Waals surface area (Å²) in [5, 5.41) is 30.4. The second kappa shape index (κ2) is 40.9. The number of allylic oxidation sites excluding steroid dienone is 15. The fraction of sp³-hybridized carbons (Fsp3) is 0.574. The van der Waals surface area contributed by atoms with Crippen LogP contribution in [0.25, 0.3) is 0 Å². The summed E-state index contributed by atoms with van der Waals surface area (Å²) in [6.07, 6.45) is 43.5. The molecule has 0 bridgehead atoms. The first-order valence-corrected chi connectivity index (χ1v) is 23.2. The first kappa shape index (κ1) is 56.5. The maximum atomic E-state index is 12.6. The lowest BCUT2D eigenvalue weighted by atomic mass is 10.1. The molecule has 0 aromatic rings. The van der Waals surface area contributed by atoms with Crippen molar-refractivity contribution in [1.29, 1.82) is 0 Å². The van der Waals surface area contributed by atoms with Crippen LogP contribution in [0.2, 0.25) is 0 Å². The van der Waals surface area contributed by atoms with Gasteiger partial charge in [-0.15, -0.1) is 0 Å². The molecule has 0 radical (unpaired) electrons. The number of unbranched alkanes of at least 4 members (excludes halogenated alkanes) is 6. The largest absolute Gasteiger partial charge is 0.472 e. The van der Waals surface area contributed by atoms with E-state index in [4.69, 9.17) is 24.3 Å². The highest BCUT2D eigenvalue weighted by atomic mass is 31.2. The topological polar surface area (TPSA) is 195 Å². The van der Waals surface area contributed by atoms with Gasteiger partial charge in [0.1, 0.15) is 6.61 Å². The Morgan fingerprint density at radius 1 is 0.650 bits per heavy atom. The summed E-state index contributed by atoms with van der Waals surface area (Å²) in [6.45, 7) is 3.04. The molecule has 5 atom stereocenters. The van der Waals surface area contributed by atoms with E-state index in [2.05, 4.69) is 55.5 Å². The number of rotatable bonds is 38. The van der Waals surface area contributed by atoms with E-state index in [0.29, 0.717) is 12.8 Å². The minimum atomic E-state index is -4.49. The first-order valence-electron chi connectivity index (χ1n) is 21.7. The van der Waals surface area contributed by atoms with Gasteiger partial charge < -0.3 is 35.4 Å². The molecule has 0 fully saturated rings. The third-order valence-corrected chi connectivity index (χ3v) is 9.47. The number of aliphatic hydroxyl groups excluding tert-OH is 3. The molecule has 0 aliphatic heterocycles. The van der Waals surface area contributed by atoms with E-state index in [-0.39, 0.29) is 38.8 Å². The van der Waals surface area contributed by atoms with Crippen LogP contribution in [0.5, 0.6) is 0 Å². The highest BCUT2D eigenvalue weighted by molar-refractivity contribution is 7.47. The van der Waals surface area contributed by atoms with Gasteiger partial charge in [-0.1, -0.05) is 142 Å². The number of esters is 2. The van der Waals surface area contributed by atoms with Crippen molar-refractivity contribution in [3.05, 3.63) is 109 Å². The van der Waals surface area contributed by atoms with Crippen LogP contribution in [0.3, 0.4) is 0 Å². The molecule has 340 valence electrons. The summed E-state index contributed by atoms with van der Waals surface area (Å²) >= 11 is 0. The van der Waals surface area contributed by atoms with Crippen LogP contribution in [0.1, 0.15) is 123 Å². The van der Waals surface area contributed by atoms with Crippen molar-refractivity contribution >= 4 is 19.8 Å². The van der Waals surface area contributed by atoms with E-state index in [1.54, 1.807) is 42.5 Å². The molecule has 0 amide bonds. The molecule has 0 rings (SSSR count). The highest BCUT2D eigenvalue weighted by Gasteiger charge is 2.26. The van der Waals surface area contributed by atoms with Crippen LogP contribution < -0.4 is 5.73 Å². The summed E-state index contributed by atoms with van der Waals surface area (Å²) in [7, 11) is -4.49. The Bertz CT molecular complexity index is 1400. The predicted octanol–water partition coefficient (Wildman–Crippen LogP) is 9.29. The smallest absolute Gasteiger partial charge is 0.462 e. The van der Waals surface area contributed by atoms with E-state index in [9.17, 15) is 34.4 Å². The van der Waals surface area contributed by atoms with E-state index in [1.807, 2.05) is 19.1 Å². The molecule has 0 saturated heterocycles. The second-order valence-electron chi connectivity index (χ2n) is 14.0. The maximum absolute atomic E-state index is 12.6. The molecular formula is C47H76NO11P. The van der Waals surface area contributed by atoms with Crippen LogP contribution >= 0.6 is 7.82 Å². The van der Waals surface area contributed by atoms with Crippen LogP contribution in [-0.4, -0.2) is 82.9 Å². The summed E-state index contributed by atoms with van der Waals surface area (Å²) in [5.74, 6) is -1.21. The molecule has 0 aliphatic carbocycles. The summed E-state index contributed by atoms with van der Waals surface area (Å²) in [5.41, 5.74) is 5.32. The molecule has 0 aromatic carbocycles. The van der Waals surface area contributed by atoms with E-state index in [0.717, 1.165) is 44.9 Å². The third-order valence-electron chi connectivity index (χ3n) is 8.49. The van der Waals surface area contributed by atoms with Gasteiger partial charge in [0.2, 0.25) is 0 Å². The fourth-order valence-electron chi connectivity index (χ4n) is 5.13. The highest BCUT2D eigenvalue weighted by Crippen LogP contribution is 2.43. The lowest BCUT2D eigenvalue weighted by Crippen LogP contribution is -2.30. The first-order chi connectivity index (χ1) is 29.0. The lowest BCUT2D eigenvalue weighted by molar-refractivity contribution is -0.161. The van der Waals surface area contributed by atoms with Gasteiger partial charge in [-0.2, -0.15) is 0 Å². The summed E-state index contributed by atoms with van der Waals surface area (Å²) in [4.78, 5) is 34.9. The van der Waals surface area contributed by atoms with E-state index in [1.165, 1.54) is 31.8 Å². The standard InChI is InChI=1S/C47H76NO11P/c1-3-5-7-8-9-10-11-12-13-14-15-16-17-18-19-20-21-26-30-36-46(52)56-40-43(41-58-60(54,55)57-39-38-48)59-47(53)37-31-35-45(51)44(50)34-29-25-23-22-24-28-33-42(49)32-27-6-4-2/h6,9-10,12-13,15-16,18-19,22-25,27-29,33-34,42-45,49-51H,3-5,7-8,11,14,17,20-21,26,30-32,35-41,48H2,1-2H3,(H,54,55)/b10-9-,13-12-,16-15-,19-18-,24-22+,25-23-,27-6-,33-28+,34-29-/t42-,43+,44+,45+/m0/s1. The van der Waals surface area contributed by atoms with Gasteiger partial charge in [0.05, 0.1) is 31.5 Å². The summed E-state index contributed by atoms with van der Waals surface area (Å²) < 4.78 is 32.5. The molecule has 0 aromatic heterocycles. The zero-order chi connectivity index (χ0) is 44.4.